The minimum absolute atomic E-state index is 0.204. The number of rotatable bonds is 6. The third-order valence-electron chi connectivity index (χ3n) is 8.29. The predicted octanol–water partition coefficient (Wildman–Crippen LogP) is 10.7. The maximum atomic E-state index is 14.0. The lowest BCUT2D eigenvalue weighted by atomic mass is 9.78. The van der Waals surface area contributed by atoms with Crippen LogP contribution in [0, 0.1) is 11.6 Å². The Hall–Kier alpha value is -3.04. The molecule has 2 N–H and O–H groups in total. The van der Waals surface area contributed by atoms with Crippen LogP contribution in [0.4, 0.5) is 87.8 Å². The fourth-order valence-corrected chi connectivity index (χ4v) is 4.39. The van der Waals surface area contributed by atoms with Crippen molar-refractivity contribution in [3.05, 3.63) is 70.3 Å². The third kappa shape index (κ3) is 7.59. The molecule has 2 rings (SSSR count). The smallest absolute Gasteiger partial charge is 0.369 e. The van der Waals surface area contributed by atoms with Crippen molar-refractivity contribution >= 4 is 0 Å². The summed E-state index contributed by atoms with van der Waals surface area (Å²) in [5, 5.41) is 18.3. The second-order valence-electron chi connectivity index (χ2n) is 11.2. The van der Waals surface area contributed by atoms with E-state index in [2.05, 4.69) is 0 Å². The number of alkyl halides is 18. The minimum atomic E-state index is -6.59. The summed E-state index contributed by atoms with van der Waals surface area (Å²) in [5.74, 6) is -5.22. The van der Waals surface area contributed by atoms with Gasteiger partial charge in [0.15, 0.2) is 0 Å². The zero-order valence-electron chi connectivity index (χ0n) is 25.3. The number of hydrogen-bond donors (Lipinski definition) is 2. The first-order valence-electron chi connectivity index (χ1n) is 13.3. The second kappa shape index (κ2) is 13.5. The van der Waals surface area contributed by atoms with E-state index in [0.29, 0.717) is 19.1 Å². The van der Waals surface area contributed by atoms with Crippen molar-refractivity contribution in [1.29, 1.82) is 0 Å². The first-order chi connectivity index (χ1) is 21.9. The minimum Gasteiger partial charge on any atom is -0.369 e. The third-order valence-corrected chi connectivity index (χ3v) is 8.29. The van der Waals surface area contributed by atoms with Gasteiger partial charge in [-0.1, -0.05) is 38.1 Å². The normalized spacial score (nSPS) is 16.7. The van der Waals surface area contributed by atoms with Gasteiger partial charge in [-0.25, -0.2) is 8.78 Å². The molecule has 0 aliphatic heterocycles. The molecular weight excluding hydrogens is 748 g/mol. The van der Waals surface area contributed by atoms with Crippen molar-refractivity contribution in [2.24, 2.45) is 0 Å². The van der Waals surface area contributed by atoms with Crippen LogP contribution in [0.25, 0.3) is 0 Å². The molecule has 0 aliphatic carbocycles. The summed E-state index contributed by atoms with van der Waals surface area (Å²) < 4.78 is 259. The molecule has 2 unspecified atom stereocenters. The van der Waals surface area contributed by atoms with Gasteiger partial charge in [0, 0.05) is 5.56 Å². The molecule has 2 aromatic rings. The number of halogens is 20. The second-order valence-corrected chi connectivity index (χ2v) is 11.2. The first kappa shape index (κ1) is 45.0. The van der Waals surface area contributed by atoms with E-state index in [4.69, 9.17) is 5.11 Å². The molecular formula is C28H24F20O2. The van der Waals surface area contributed by atoms with E-state index in [9.17, 15) is 92.9 Å². The summed E-state index contributed by atoms with van der Waals surface area (Å²) in [6, 6.07) is 0.838. The maximum absolute atomic E-state index is 14.0. The Bertz CT molecular complexity index is 1410. The van der Waals surface area contributed by atoms with Crippen molar-refractivity contribution in [1.82, 2.24) is 0 Å². The molecule has 0 spiro atoms. The summed E-state index contributed by atoms with van der Waals surface area (Å²) in [7, 11) is 0. The molecule has 288 valence electrons. The summed E-state index contributed by atoms with van der Waals surface area (Å²) in [4.78, 5) is 0. The highest BCUT2D eigenvalue weighted by Gasteiger charge is 2.74. The van der Waals surface area contributed by atoms with Gasteiger partial charge in [-0.3, -0.25) is 0 Å². The van der Waals surface area contributed by atoms with Crippen LogP contribution in [0.15, 0.2) is 36.4 Å². The summed E-state index contributed by atoms with van der Waals surface area (Å²) in [6.45, 7) is 3.39. The summed E-state index contributed by atoms with van der Waals surface area (Å²) >= 11 is 0. The molecule has 0 amide bonds. The number of aliphatic hydroxyl groups is 2. The largest absolute Gasteiger partial charge is 0.430 e. The molecule has 0 aromatic heterocycles. The number of benzene rings is 2. The SMILES string of the molecule is CCC(C)(c1cc(F)c(C(O)(C(F)(F)F)C(F)(F)F)c(F)c1)C(F)(F)F.CCC(C)(c1ccc(C(O)(C(F)(F)F)C(F)(F)F)cc1)C(F)(F)F. The molecule has 0 radical (unpaired) electrons. The lowest BCUT2D eigenvalue weighted by Gasteiger charge is -2.35. The lowest BCUT2D eigenvalue weighted by Crippen LogP contribution is -2.55. The number of hydrogen-bond acceptors (Lipinski definition) is 2. The fourth-order valence-electron chi connectivity index (χ4n) is 4.39. The Kier molecular flexibility index (Phi) is 12.1. The summed E-state index contributed by atoms with van der Waals surface area (Å²) in [5.41, 5.74) is -22.7. The van der Waals surface area contributed by atoms with Crippen LogP contribution in [0.5, 0.6) is 0 Å². The van der Waals surface area contributed by atoms with E-state index < -0.39 is 106 Å². The molecule has 0 fully saturated rings. The molecule has 2 aromatic carbocycles. The Balaban J connectivity index is 0.000000502. The van der Waals surface area contributed by atoms with Gasteiger partial charge >= 0.3 is 37.1 Å². The molecule has 0 heterocycles. The Morgan fingerprint density at radius 1 is 0.420 bits per heavy atom. The van der Waals surface area contributed by atoms with Gasteiger partial charge in [0.2, 0.25) is 0 Å². The van der Waals surface area contributed by atoms with Gasteiger partial charge in [-0.2, -0.15) is 79.0 Å². The predicted molar refractivity (Wildman–Crippen MR) is 132 cm³/mol. The molecule has 50 heavy (non-hydrogen) atoms. The Morgan fingerprint density at radius 3 is 0.920 bits per heavy atom. The van der Waals surface area contributed by atoms with Crippen molar-refractivity contribution in [2.45, 2.75) is 99.6 Å². The fraction of sp³-hybridized carbons (Fsp3) is 0.571. The molecule has 0 bridgehead atoms. The zero-order valence-corrected chi connectivity index (χ0v) is 25.3. The van der Waals surface area contributed by atoms with Crippen molar-refractivity contribution in [2.75, 3.05) is 0 Å². The van der Waals surface area contributed by atoms with E-state index in [-0.39, 0.29) is 24.3 Å². The van der Waals surface area contributed by atoms with Crippen LogP contribution in [-0.4, -0.2) is 47.3 Å². The molecule has 0 saturated heterocycles. The van der Waals surface area contributed by atoms with Gasteiger partial charge in [0.25, 0.3) is 11.2 Å². The van der Waals surface area contributed by atoms with Crippen LogP contribution in [0.3, 0.4) is 0 Å². The topological polar surface area (TPSA) is 40.5 Å². The van der Waals surface area contributed by atoms with E-state index in [1.54, 1.807) is 0 Å². The molecule has 0 aliphatic rings. The van der Waals surface area contributed by atoms with E-state index >= 15 is 0 Å². The molecule has 0 saturated carbocycles. The average molecular weight is 772 g/mol. The Morgan fingerprint density at radius 2 is 0.680 bits per heavy atom. The van der Waals surface area contributed by atoms with Crippen LogP contribution in [-0.2, 0) is 22.0 Å². The highest BCUT2D eigenvalue weighted by atomic mass is 19.4. The van der Waals surface area contributed by atoms with Crippen LogP contribution in [0.1, 0.15) is 62.8 Å². The lowest BCUT2D eigenvalue weighted by molar-refractivity contribution is -0.378. The van der Waals surface area contributed by atoms with Crippen LogP contribution >= 0.6 is 0 Å². The van der Waals surface area contributed by atoms with Gasteiger partial charge in [0.05, 0.1) is 16.4 Å². The molecule has 2 nitrogen and oxygen atoms in total. The Labute approximate surface area is 268 Å². The molecule has 22 heteroatoms. The summed E-state index contributed by atoms with van der Waals surface area (Å²) in [6.07, 6.45) is -36.5. The molecule has 2 atom stereocenters. The van der Waals surface area contributed by atoms with Gasteiger partial charge in [-0.05, 0) is 49.9 Å². The highest BCUT2D eigenvalue weighted by molar-refractivity contribution is 5.38. The standard InChI is InChI=1S/C14H11F11O.C14H13F9O/c1-3-10(2,12(17,18)19)6-4-7(15)9(8(16)5-6)11(26,13(20,21)22)14(23,24)25;1-3-10(2,12(15,16)17)8-4-6-9(7-5-8)11(24,13(18,19)20)14(21,22)23/h4-5,26H,3H2,1-2H3;4-7,24H,3H2,1-2H3. The van der Waals surface area contributed by atoms with Crippen molar-refractivity contribution in [3.8, 4) is 0 Å². The van der Waals surface area contributed by atoms with E-state index in [1.807, 2.05) is 0 Å². The quantitative estimate of drug-likeness (QED) is 0.287. The zero-order chi connectivity index (χ0) is 40.1. The van der Waals surface area contributed by atoms with Crippen LogP contribution < -0.4 is 0 Å². The maximum Gasteiger partial charge on any atom is 0.430 e. The first-order valence-corrected chi connectivity index (χ1v) is 13.3. The van der Waals surface area contributed by atoms with Crippen molar-refractivity contribution in [3.63, 3.8) is 0 Å². The van der Waals surface area contributed by atoms with Gasteiger partial charge < -0.3 is 10.2 Å². The van der Waals surface area contributed by atoms with Gasteiger partial charge in [-0.15, -0.1) is 0 Å². The monoisotopic (exact) mass is 772 g/mol. The van der Waals surface area contributed by atoms with Crippen molar-refractivity contribution < 1.29 is 98.0 Å². The highest BCUT2D eigenvalue weighted by Crippen LogP contribution is 2.53. The van der Waals surface area contributed by atoms with Gasteiger partial charge in [0.1, 0.15) is 11.6 Å². The van der Waals surface area contributed by atoms with E-state index in [0.717, 1.165) is 13.8 Å². The van der Waals surface area contributed by atoms with E-state index in [1.165, 1.54) is 6.92 Å². The average Bonchev–Trinajstić information content (AvgIpc) is 2.92. The van der Waals surface area contributed by atoms with Crippen LogP contribution in [0.2, 0.25) is 0 Å².